The number of hydrogen-bond acceptors (Lipinski definition) is 2. The van der Waals surface area contributed by atoms with E-state index in [-0.39, 0.29) is 12.0 Å². The first kappa shape index (κ1) is 11.6. The van der Waals surface area contributed by atoms with E-state index in [2.05, 4.69) is 37.4 Å². The third-order valence-electron chi connectivity index (χ3n) is 3.82. The molecule has 1 saturated heterocycles. The Kier molecular flexibility index (Phi) is 3.31. The Labute approximate surface area is 97.7 Å². The van der Waals surface area contributed by atoms with Gasteiger partial charge in [-0.2, -0.15) is 0 Å². The van der Waals surface area contributed by atoms with E-state index in [9.17, 15) is 5.11 Å². The van der Waals surface area contributed by atoms with Gasteiger partial charge in [-0.15, -0.1) is 0 Å². The van der Waals surface area contributed by atoms with Crippen LogP contribution in [0.2, 0.25) is 0 Å². The van der Waals surface area contributed by atoms with Gasteiger partial charge in [0.2, 0.25) is 0 Å². The molecule has 0 spiro atoms. The summed E-state index contributed by atoms with van der Waals surface area (Å²) in [5, 5.41) is 13.1. The standard InChI is InChI=1S/C14H21NO/c1-11-3-4-13(12(2)9-11)14(10-16)5-7-15-8-6-14/h3-4,9,15-16H,5-8,10H2,1-2H3. The number of hydrogen-bond donors (Lipinski definition) is 2. The molecule has 0 atom stereocenters. The van der Waals surface area contributed by atoms with Gasteiger partial charge in [0, 0.05) is 5.41 Å². The molecule has 1 aliphatic rings. The van der Waals surface area contributed by atoms with Crippen LogP contribution in [0.3, 0.4) is 0 Å². The number of aryl methyl sites for hydroxylation is 2. The molecule has 0 saturated carbocycles. The minimum Gasteiger partial charge on any atom is -0.395 e. The van der Waals surface area contributed by atoms with Gasteiger partial charge in [-0.25, -0.2) is 0 Å². The maximum atomic E-state index is 9.76. The van der Waals surface area contributed by atoms with Crippen molar-refractivity contribution in [2.45, 2.75) is 32.1 Å². The normalized spacial score (nSPS) is 19.7. The molecule has 2 N–H and O–H groups in total. The molecular formula is C14H21NO. The Morgan fingerprint density at radius 3 is 2.50 bits per heavy atom. The zero-order valence-corrected chi connectivity index (χ0v) is 10.2. The van der Waals surface area contributed by atoms with Gasteiger partial charge in [0.15, 0.2) is 0 Å². The number of rotatable bonds is 2. The van der Waals surface area contributed by atoms with E-state index in [4.69, 9.17) is 0 Å². The molecule has 2 rings (SSSR count). The largest absolute Gasteiger partial charge is 0.395 e. The van der Waals surface area contributed by atoms with Crippen LogP contribution >= 0.6 is 0 Å². The Morgan fingerprint density at radius 1 is 1.25 bits per heavy atom. The zero-order chi connectivity index (χ0) is 11.6. The van der Waals surface area contributed by atoms with Crippen LogP contribution in [0.1, 0.15) is 29.5 Å². The highest BCUT2D eigenvalue weighted by Crippen LogP contribution is 2.35. The fourth-order valence-corrected chi connectivity index (χ4v) is 2.83. The Bertz CT molecular complexity index is 367. The average Bonchev–Trinajstić information content (AvgIpc) is 2.30. The first-order valence-electron chi connectivity index (χ1n) is 6.07. The molecule has 1 heterocycles. The van der Waals surface area contributed by atoms with E-state index in [1.807, 2.05) is 0 Å². The van der Waals surface area contributed by atoms with Gasteiger partial charge >= 0.3 is 0 Å². The highest BCUT2D eigenvalue weighted by Gasteiger charge is 2.34. The lowest BCUT2D eigenvalue weighted by Crippen LogP contribution is -2.42. The molecule has 0 aromatic heterocycles. The summed E-state index contributed by atoms with van der Waals surface area (Å²) in [6, 6.07) is 6.57. The van der Waals surface area contributed by atoms with Crippen molar-refractivity contribution >= 4 is 0 Å². The SMILES string of the molecule is Cc1ccc(C2(CO)CCNCC2)c(C)c1. The summed E-state index contributed by atoms with van der Waals surface area (Å²) in [5.74, 6) is 0. The van der Waals surface area contributed by atoms with Gasteiger partial charge in [0.25, 0.3) is 0 Å². The van der Waals surface area contributed by atoms with Crippen LogP contribution in [0.15, 0.2) is 18.2 Å². The summed E-state index contributed by atoms with van der Waals surface area (Å²) < 4.78 is 0. The number of aliphatic hydroxyl groups is 1. The van der Waals surface area contributed by atoms with Crippen molar-refractivity contribution in [3.8, 4) is 0 Å². The molecule has 0 amide bonds. The molecular weight excluding hydrogens is 198 g/mol. The summed E-state index contributed by atoms with van der Waals surface area (Å²) >= 11 is 0. The molecule has 2 heteroatoms. The molecule has 0 aliphatic carbocycles. The minimum atomic E-state index is -0.0109. The maximum Gasteiger partial charge on any atom is 0.0529 e. The van der Waals surface area contributed by atoms with Crippen LogP contribution in [-0.2, 0) is 5.41 Å². The fraction of sp³-hybridized carbons (Fsp3) is 0.571. The Morgan fingerprint density at radius 2 is 1.94 bits per heavy atom. The van der Waals surface area contributed by atoms with Crippen LogP contribution < -0.4 is 5.32 Å². The summed E-state index contributed by atoms with van der Waals surface area (Å²) in [4.78, 5) is 0. The predicted molar refractivity (Wildman–Crippen MR) is 66.8 cm³/mol. The molecule has 1 aromatic carbocycles. The van der Waals surface area contributed by atoms with E-state index >= 15 is 0 Å². The molecule has 1 aliphatic heterocycles. The molecule has 1 aromatic rings. The van der Waals surface area contributed by atoms with E-state index in [1.165, 1.54) is 16.7 Å². The highest BCUT2D eigenvalue weighted by molar-refractivity contribution is 5.37. The average molecular weight is 219 g/mol. The number of aliphatic hydroxyl groups excluding tert-OH is 1. The summed E-state index contributed by atoms with van der Waals surface area (Å²) in [7, 11) is 0. The molecule has 16 heavy (non-hydrogen) atoms. The van der Waals surface area contributed by atoms with Gasteiger partial charge in [0.05, 0.1) is 6.61 Å². The van der Waals surface area contributed by atoms with Crippen molar-refractivity contribution in [3.05, 3.63) is 34.9 Å². The smallest absolute Gasteiger partial charge is 0.0529 e. The number of benzene rings is 1. The van der Waals surface area contributed by atoms with Gasteiger partial charge < -0.3 is 10.4 Å². The summed E-state index contributed by atoms with van der Waals surface area (Å²) in [6.45, 7) is 6.55. The second-order valence-corrected chi connectivity index (χ2v) is 5.01. The van der Waals surface area contributed by atoms with Crippen LogP contribution in [0.25, 0.3) is 0 Å². The van der Waals surface area contributed by atoms with Gasteiger partial charge in [0.1, 0.15) is 0 Å². The third-order valence-corrected chi connectivity index (χ3v) is 3.82. The predicted octanol–water partition coefficient (Wildman–Crippen LogP) is 1.92. The molecule has 0 bridgehead atoms. The third kappa shape index (κ3) is 2.00. The van der Waals surface area contributed by atoms with Crippen molar-refractivity contribution < 1.29 is 5.11 Å². The minimum absolute atomic E-state index is 0.0109. The van der Waals surface area contributed by atoms with E-state index in [0.717, 1.165) is 25.9 Å². The second-order valence-electron chi connectivity index (χ2n) is 5.01. The van der Waals surface area contributed by atoms with Crippen LogP contribution in [0.4, 0.5) is 0 Å². The maximum absolute atomic E-state index is 9.76. The van der Waals surface area contributed by atoms with E-state index in [0.29, 0.717) is 0 Å². The Hall–Kier alpha value is -0.860. The van der Waals surface area contributed by atoms with Crippen molar-refractivity contribution in [2.24, 2.45) is 0 Å². The van der Waals surface area contributed by atoms with E-state index < -0.39 is 0 Å². The van der Waals surface area contributed by atoms with Crippen molar-refractivity contribution in [2.75, 3.05) is 19.7 Å². The van der Waals surface area contributed by atoms with Crippen molar-refractivity contribution in [1.29, 1.82) is 0 Å². The summed E-state index contributed by atoms with van der Waals surface area (Å²) in [6.07, 6.45) is 2.07. The Balaban J connectivity index is 2.39. The van der Waals surface area contributed by atoms with Crippen LogP contribution in [0, 0.1) is 13.8 Å². The number of nitrogens with one attached hydrogen (secondary N) is 1. The lowest BCUT2D eigenvalue weighted by atomic mass is 9.72. The lowest BCUT2D eigenvalue weighted by Gasteiger charge is -2.37. The molecule has 0 unspecified atom stereocenters. The van der Waals surface area contributed by atoms with Crippen molar-refractivity contribution in [1.82, 2.24) is 5.32 Å². The summed E-state index contributed by atoms with van der Waals surface area (Å²) in [5.41, 5.74) is 3.93. The molecule has 88 valence electrons. The highest BCUT2D eigenvalue weighted by atomic mass is 16.3. The first-order chi connectivity index (χ1) is 7.68. The topological polar surface area (TPSA) is 32.3 Å². The van der Waals surface area contributed by atoms with Gasteiger partial charge in [-0.05, 0) is 50.9 Å². The van der Waals surface area contributed by atoms with Crippen LogP contribution in [0.5, 0.6) is 0 Å². The zero-order valence-electron chi connectivity index (χ0n) is 10.2. The monoisotopic (exact) mass is 219 g/mol. The van der Waals surface area contributed by atoms with Gasteiger partial charge in [-0.3, -0.25) is 0 Å². The first-order valence-corrected chi connectivity index (χ1v) is 6.07. The molecule has 0 radical (unpaired) electrons. The fourth-order valence-electron chi connectivity index (χ4n) is 2.83. The number of piperidine rings is 1. The van der Waals surface area contributed by atoms with E-state index in [1.54, 1.807) is 0 Å². The molecule has 1 fully saturated rings. The second kappa shape index (κ2) is 4.56. The van der Waals surface area contributed by atoms with Gasteiger partial charge in [-0.1, -0.05) is 23.8 Å². The quantitative estimate of drug-likeness (QED) is 0.796. The molecule has 2 nitrogen and oxygen atoms in total. The van der Waals surface area contributed by atoms with Crippen LogP contribution in [-0.4, -0.2) is 24.8 Å². The van der Waals surface area contributed by atoms with Crippen molar-refractivity contribution in [3.63, 3.8) is 0 Å². The lowest BCUT2D eigenvalue weighted by molar-refractivity contribution is 0.157.